The highest BCUT2D eigenvalue weighted by Crippen LogP contribution is 2.29. The van der Waals surface area contributed by atoms with Crippen molar-refractivity contribution in [3.8, 4) is 5.88 Å². The molecule has 1 rings (SSSR count). The molecule has 0 aromatic carbocycles. The molecule has 0 bridgehead atoms. The molecule has 2 N–H and O–H groups in total. The standard InChI is InChI=1S/C6H3BrF4N2O3S/c7-2-1-3(16-6(9,10)11)13-5(8)4(2)17(12,14)15/h1H,(H2,12,14,15). The Morgan fingerprint density at radius 3 is 2.29 bits per heavy atom. The fraction of sp³-hybridized carbons (Fsp3) is 0.167. The molecule has 0 fully saturated rings. The molecule has 1 heterocycles. The Morgan fingerprint density at radius 1 is 1.41 bits per heavy atom. The zero-order chi connectivity index (χ0) is 13.4. The van der Waals surface area contributed by atoms with Gasteiger partial charge in [0.15, 0.2) is 4.90 Å². The number of hydrogen-bond acceptors (Lipinski definition) is 4. The van der Waals surface area contributed by atoms with Crippen LogP contribution < -0.4 is 9.88 Å². The molecule has 1 aromatic rings. The normalized spacial score (nSPS) is 12.6. The van der Waals surface area contributed by atoms with Gasteiger partial charge >= 0.3 is 6.36 Å². The SMILES string of the molecule is NS(=O)(=O)c1c(Br)cc(OC(F)(F)F)nc1F. The molecule has 17 heavy (non-hydrogen) atoms. The first-order valence-electron chi connectivity index (χ1n) is 3.65. The molecule has 0 aliphatic carbocycles. The maximum atomic E-state index is 13.1. The van der Waals surface area contributed by atoms with Gasteiger partial charge in [0.25, 0.3) is 0 Å². The van der Waals surface area contributed by atoms with E-state index in [0.29, 0.717) is 6.07 Å². The van der Waals surface area contributed by atoms with Crippen molar-refractivity contribution in [2.45, 2.75) is 11.3 Å². The average Bonchev–Trinajstić information content (AvgIpc) is 1.94. The van der Waals surface area contributed by atoms with Gasteiger partial charge in [-0.1, -0.05) is 0 Å². The van der Waals surface area contributed by atoms with Crippen LogP contribution >= 0.6 is 15.9 Å². The van der Waals surface area contributed by atoms with Gasteiger partial charge < -0.3 is 4.74 Å². The molecule has 96 valence electrons. The Kier molecular flexibility index (Phi) is 3.64. The molecule has 0 saturated carbocycles. The number of hydrogen-bond donors (Lipinski definition) is 1. The second-order valence-corrected chi connectivity index (χ2v) is 5.01. The fourth-order valence-electron chi connectivity index (χ4n) is 0.876. The van der Waals surface area contributed by atoms with E-state index < -0.39 is 37.6 Å². The lowest BCUT2D eigenvalue weighted by atomic mass is 10.5. The minimum atomic E-state index is -5.07. The average molecular weight is 339 g/mol. The van der Waals surface area contributed by atoms with Crippen molar-refractivity contribution >= 4 is 26.0 Å². The number of sulfonamides is 1. The van der Waals surface area contributed by atoms with Gasteiger partial charge in [-0.15, -0.1) is 13.2 Å². The van der Waals surface area contributed by atoms with Crippen LogP contribution in [-0.2, 0) is 10.0 Å². The van der Waals surface area contributed by atoms with E-state index in [1.807, 2.05) is 0 Å². The monoisotopic (exact) mass is 338 g/mol. The maximum Gasteiger partial charge on any atom is 0.574 e. The third kappa shape index (κ3) is 3.78. The highest BCUT2D eigenvalue weighted by atomic mass is 79.9. The van der Waals surface area contributed by atoms with Crippen molar-refractivity contribution in [1.29, 1.82) is 0 Å². The number of ether oxygens (including phenoxy) is 1. The Morgan fingerprint density at radius 2 is 1.94 bits per heavy atom. The Hall–Kier alpha value is -0.940. The minimum absolute atomic E-state index is 0.522. The number of primary sulfonamides is 1. The summed E-state index contributed by atoms with van der Waals surface area (Å²) < 4.78 is 73.1. The smallest absolute Gasteiger partial charge is 0.388 e. The molecule has 0 aliphatic rings. The van der Waals surface area contributed by atoms with E-state index in [1.54, 1.807) is 0 Å². The van der Waals surface area contributed by atoms with Gasteiger partial charge in [-0.2, -0.15) is 9.37 Å². The first-order chi connectivity index (χ1) is 7.50. The van der Waals surface area contributed by atoms with E-state index in [9.17, 15) is 26.0 Å². The molecular formula is C6H3BrF4N2O3S. The zero-order valence-corrected chi connectivity index (χ0v) is 10.0. The lowest BCUT2D eigenvalue weighted by Crippen LogP contribution is -2.20. The number of nitrogens with zero attached hydrogens (tertiary/aromatic N) is 1. The summed E-state index contributed by atoms with van der Waals surface area (Å²) in [5.41, 5.74) is 0. The first kappa shape index (κ1) is 14.1. The number of aromatic nitrogens is 1. The van der Waals surface area contributed by atoms with Crippen LogP contribution in [0.1, 0.15) is 0 Å². The number of halogens is 5. The summed E-state index contributed by atoms with van der Waals surface area (Å²) in [6.07, 6.45) is -5.07. The van der Waals surface area contributed by atoms with Crippen molar-refractivity contribution in [3.63, 3.8) is 0 Å². The van der Waals surface area contributed by atoms with Crippen molar-refractivity contribution in [2.75, 3.05) is 0 Å². The van der Waals surface area contributed by atoms with Crippen molar-refractivity contribution in [3.05, 3.63) is 16.5 Å². The molecule has 0 aliphatic heterocycles. The summed E-state index contributed by atoms with van der Waals surface area (Å²) in [6, 6.07) is 0.538. The van der Waals surface area contributed by atoms with Crippen LogP contribution in [0.15, 0.2) is 15.4 Å². The van der Waals surface area contributed by atoms with Gasteiger partial charge in [-0.25, -0.2) is 13.6 Å². The van der Waals surface area contributed by atoms with Crippen LogP contribution in [0, 0.1) is 5.95 Å². The van der Waals surface area contributed by atoms with Gasteiger partial charge in [0.05, 0.1) is 0 Å². The number of rotatable bonds is 2. The largest absolute Gasteiger partial charge is 0.574 e. The van der Waals surface area contributed by atoms with Crippen LogP contribution in [0.2, 0.25) is 0 Å². The highest BCUT2D eigenvalue weighted by Gasteiger charge is 2.33. The first-order valence-corrected chi connectivity index (χ1v) is 5.99. The maximum absolute atomic E-state index is 13.1. The van der Waals surface area contributed by atoms with Gasteiger partial charge in [-0.3, -0.25) is 0 Å². The van der Waals surface area contributed by atoms with Crippen LogP contribution in [-0.4, -0.2) is 19.8 Å². The summed E-state index contributed by atoms with van der Waals surface area (Å²) in [6.45, 7) is 0. The predicted molar refractivity (Wildman–Crippen MR) is 50.0 cm³/mol. The molecule has 0 atom stereocenters. The predicted octanol–water partition coefficient (Wildman–Crippen LogP) is 1.53. The molecule has 5 nitrogen and oxygen atoms in total. The van der Waals surface area contributed by atoms with E-state index >= 15 is 0 Å². The molecule has 0 spiro atoms. The number of nitrogens with two attached hydrogens (primary N) is 1. The van der Waals surface area contributed by atoms with Crippen LogP contribution in [0.5, 0.6) is 5.88 Å². The van der Waals surface area contributed by atoms with E-state index in [4.69, 9.17) is 0 Å². The third-order valence-corrected chi connectivity index (χ3v) is 3.21. The Balaban J connectivity index is 3.29. The summed E-state index contributed by atoms with van der Waals surface area (Å²) in [7, 11) is -4.45. The lowest BCUT2D eigenvalue weighted by Gasteiger charge is -2.09. The number of alkyl halides is 3. The van der Waals surface area contributed by atoms with Crippen LogP contribution in [0.4, 0.5) is 17.6 Å². The summed E-state index contributed by atoms with van der Waals surface area (Å²) >= 11 is 2.55. The molecular weight excluding hydrogens is 336 g/mol. The van der Waals surface area contributed by atoms with Crippen LogP contribution in [0.25, 0.3) is 0 Å². The van der Waals surface area contributed by atoms with Gasteiger partial charge in [0, 0.05) is 10.5 Å². The Labute approximate surface area is 101 Å². The quantitative estimate of drug-likeness (QED) is 0.654. The van der Waals surface area contributed by atoms with E-state index in [-0.39, 0.29) is 0 Å². The lowest BCUT2D eigenvalue weighted by molar-refractivity contribution is -0.276. The van der Waals surface area contributed by atoms with E-state index in [2.05, 4.69) is 30.8 Å². The zero-order valence-electron chi connectivity index (χ0n) is 7.62. The van der Waals surface area contributed by atoms with Gasteiger partial charge in [0.1, 0.15) is 0 Å². The summed E-state index contributed by atoms with van der Waals surface area (Å²) in [5, 5.41) is 4.63. The van der Waals surface area contributed by atoms with Crippen molar-refractivity contribution in [1.82, 2.24) is 4.98 Å². The second kappa shape index (κ2) is 4.38. The molecule has 0 unspecified atom stereocenters. The third-order valence-electron chi connectivity index (χ3n) is 1.37. The molecule has 0 saturated heterocycles. The molecule has 0 radical (unpaired) electrons. The molecule has 1 aromatic heterocycles. The van der Waals surface area contributed by atoms with Crippen LogP contribution in [0.3, 0.4) is 0 Å². The van der Waals surface area contributed by atoms with Gasteiger partial charge in [-0.05, 0) is 15.9 Å². The minimum Gasteiger partial charge on any atom is -0.388 e. The van der Waals surface area contributed by atoms with Crippen molar-refractivity contribution in [2.24, 2.45) is 5.14 Å². The number of pyridine rings is 1. The second-order valence-electron chi connectivity index (χ2n) is 2.66. The summed E-state index contributed by atoms with van der Waals surface area (Å²) in [4.78, 5) is 1.64. The Bertz CT molecular complexity index is 522. The van der Waals surface area contributed by atoms with Crippen molar-refractivity contribution < 1.29 is 30.7 Å². The van der Waals surface area contributed by atoms with Gasteiger partial charge in [0.2, 0.25) is 21.9 Å². The van der Waals surface area contributed by atoms with E-state index in [1.165, 1.54) is 0 Å². The van der Waals surface area contributed by atoms with E-state index in [0.717, 1.165) is 0 Å². The molecule has 11 heteroatoms. The fourth-order valence-corrected chi connectivity index (χ4v) is 2.52. The topological polar surface area (TPSA) is 82.3 Å². The highest BCUT2D eigenvalue weighted by molar-refractivity contribution is 9.10. The summed E-state index contributed by atoms with van der Waals surface area (Å²) in [5.74, 6) is -2.84. The molecule has 0 amide bonds.